The molecule has 0 amide bonds. The van der Waals surface area contributed by atoms with E-state index in [9.17, 15) is 0 Å². The molecule has 3 heteroatoms. The Labute approximate surface area is 77.7 Å². The van der Waals surface area contributed by atoms with Gasteiger partial charge in [0.2, 0.25) is 0 Å². The number of benzene rings is 1. The molecule has 0 bridgehead atoms. The number of nitrogens with zero attached hydrogens (tertiary/aromatic N) is 1. The summed E-state index contributed by atoms with van der Waals surface area (Å²) in [6, 6.07) is 7.78. The summed E-state index contributed by atoms with van der Waals surface area (Å²) in [6.45, 7) is 1.94. The maximum absolute atomic E-state index is 5.60. The lowest BCUT2D eigenvalue weighted by Gasteiger charge is -2.14. The number of rotatable bonds is 1. The van der Waals surface area contributed by atoms with Crippen molar-refractivity contribution in [3.05, 3.63) is 29.8 Å². The molecule has 13 heavy (non-hydrogen) atoms. The molecule has 0 aliphatic carbocycles. The molecule has 1 aromatic rings. The van der Waals surface area contributed by atoms with Gasteiger partial charge in [0.25, 0.3) is 0 Å². The molecule has 1 aliphatic heterocycles. The van der Waals surface area contributed by atoms with E-state index in [1.165, 1.54) is 0 Å². The minimum absolute atomic E-state index is 0.792. The highest BCUT2D eigenvalue weighted by Crippen LogP contribution is 2.07. The molecule has 3 nitrogen and oxygen atoms in total. The van der Waals surface area contributed by atoms with E-state index in [2.05, 4.69) is 10.3 Å². The fraction of sp³-hybridized carbons (Fsp3) is 0.300. The highest BCUT2D eigenvalue weighted by molar-refractivity contribution is 5.99. The lowest BCUT2D eigenvalue weighted by molar-refractivity contribution is 0.742. The van der Waals surface area contributed by atoms with Gasteiger partial charge in [0.15, 0.2) is 0 Å². The van der Waals surface area contributed by atoms with Gasteiger partial charge >= 0.3 is 0 Å². The first kappa shape index (κ1) is 8.10. The quantitative estimate of drug-likeness (QED) is 0.626. The van der Waals surface area contributed by atoms with Gasteiger partial charge in [-0.2, -0.15) is 0 Å². The molecular formula is C10H13N3. The minimum Gasteiger partial charge on any atom is -0.399 e. The van der Waals surface area contributed by atoms with Gasteiger partial charge in [-0.25, -0.2) is 0 Å². The second-order valence-corrected chi connectivity index (χ2v) is 3.13. The van der Waals surface area contributed by atoms with Crippen LogP contribution in [0.3, 0.4) is 0 Å². The van der Waals surface area contributed by atoms with Gasteiger partial charge in [0, 0.05) is 24.3 Å². The second kappa shape index (κ2) is 3.47. The summed E-state index contributed by atoms with van der Waals surface area (Å²) in [5, 5.41) is 3.26. The van der Waals surface area contributed by atoms with Gasteiger partial charge in [-0.3, -0.25) is 4.99 Å². The Balaban J connectivity index is 2.24. The standard InChI is InChI=1S/C10H13N3/c11-9-4-2-8(3-5-9)10-12-6-1-7-13-10/h2-5H,1,6-7,11H2,(H,12,13). The molecule has 0 aromatic heterocycles. The summed E-state index contributed by atoms with van der Waals surface area (Å²) in [6.07, 6.45) is 1.12. The van der Waals surface area contributed by atoms with E-state index in [0.29, 0.717) is 0 Å². The van der Waals surface area contributed by atoms with E-state index in [0.717, 1.165) is 36.6 Å². The zero-order valence-electron chi connectivity index (χ0n) is 7.46. The Morgan fingerprint density at radius 3 is 2.62 bits per heavy atom. The molecule has 0 saturated carbocycles. The summed E-state index contributed by atoms with van der Waals surface area (Å²) in [5.41, 5.74) is 7.51. The topological polar surface area (TPSA) is 50.4 Å². The lowest BCUT2D eigenvalue weighted by atomic mass is 10.1. The summed E-state index contributed by atoms with van der Waals surface area (Å²) >= 11 is 0. The summed E-state index contributed by atoms with van der Waals surface area (Å²) in [4.78, 5) is 4.39. The van der Waals surface area contributed by atoms with Gasteiger partial charge < -0.3 is 11.1 Å². The largest absolute Gasteiger partial charge is 0.399 e. The fourth-order valence-corrected chi connectivity index (χ4v) is 1.37. The highest BCUT2D eigenvalue weighted by atomic mass is 15.0. The van der Waals surface area contributed by atoms with E-state index >= 15 is 0 Å². The van der Waals surface area contributed by atoms with Crippen molar-refractivity contribution < 1.29 is 0 Å². The van der Waals surface area contributed by atoms with Crippen molar-refractivity contribution in [1.29, 1.82) is 0 Å². The van der Waals surface area contributed by atoms with Crippen LogP contribution >= 0.6 is 0 Å². The van der Waals surface area contributed by atoms with Crippen molar-refractivity contribution in [2.45, 2.75) is 6.42 Å². The van der Waals surface area contributed by atoms with Crippen molar-refractivity contribution >= 4 is 11.5 Å². The highest BCUT2D eigenvalue weighted by Gasteiger charge is 2.05. The third-order valence-electron chi connectivity index (χ3n) is 2.08. The number of nitrogens with two attached hydrogens (primary N) is 1. The Kier molecular flexibility index (Phi) is 2.17. The average molecular weight is 175 g/mol. The smallest absolute Gasteiger partial charge is 0.128 e. The molecule has 1 heterocycles. The number of nitrogens with one attached hydrogen (secondary N) is 1. The molecule has 3 N–H and O–H groups in total. The summed E-state index contributed by atoms with van der Waals surface area (Å²) in [5.74, 6) is 0.992. The molecule has 1 aromatic carbocycles. The maximum Gasteiger partial charge on any atom is 0.128 e. The first-order valence-electron chi connectivity index (χ1n) is 4.50. The molecule has 0 unspecified atom stereocenters. The Hall–Kier alpha value is -1.51. The number of aliphatic imine (C=N–C) groups is 1. The van der Waals surface area contributed by atoms with Crippen LogP contribution in [0.1, 0.15) is 12.0 Å². The number of amidine groups is 1. The van der Waals surface area contributed by atoms with Crippen LogP contribution < -0.4 is 11.1 Å². The molecule has 2 rings (SSSR count). The molecular weight excluding hydrogens is 162 g/mol. The van der Waals surface area contributed by atoms with Crippen LogP contribution in [0, 0.1) is 0 Å². The lowest BCUT2D eigenvalue weighted by Crippen LogP contribution is -2.30. The predicted octanol–water partition coefficient (Wildman–Crippen LogP) is 1.01. The normalized spacial score (nSPS) is 16.2. The summed E-state index contributed by atoms with van der Waals surface area (Å²) < 4.78 is 0. The van der Waals surface area contributed by atoms with Gasteiger partial charge in [-0.1, -0.05) is 0 Å². The SMILES string of the molecule is Nc1ccc(C2=NCCCN2)cc1. The maximum atomic E-state index is 5.60. The van der Waals surface area contributed by atoms with E-state index in [4.69, 9.17) is 5.73 Å². The van der Waals surface area contributed by atoms with Crippen LogP contribution in [0.4, 0.5) is 5.69 Å². The van der Waals surface area contributed by atoms with E-state index < -0.39 is 0 Å². The van der Waals surface area contributed by atoms with Crippen molar-refractivity contribution in [2.75, 3.05) is 18.8 Å². The van der Waals surface area contributed by atoms with E-state index in [1.807, 2.05) is 24.3 Å². The van der Waals surface area contributed by atoms with Gasteiger partial charge in [0.1, 0.15) is 5.84 Å². The first-order valence-corrected chi connectivity index (χ1v) is 4.50. The van der Waals surface area contributed by atoms with Gasteiger partial charge in [-0.15, -0.1) is 0 Å². The first-order chi connectivity index (χ1) is 6.36. The van der Waals surface area contributed by atoms with Crippen molar-refractivity contribution in [3.63, 3.8) is 0 Å². The minimum atomic E-state index is 0.792. The molecule has 0 fully saturated rings. The molecule has 0 saturated heterocycles. The number of hydrogen-bond acceptors (Lipinski definition) is 3. The number of nitrogen functional groups attached to an aromatic ring is 1. The van der Waals surface area contributed by atoms with Crippen LogP contribution in [-0.4, -0.2) is 18.9 Å². The van der Waals surface area contributed by atoms with Crippen LogP contribution in [0.5, 0.6) is 0 Å². The molecule has 68 valence electrons. The Morgan fingerprint density at radius 2 is 2.00 bits per heavy atom. The van der Waals surface area contributed by atoms with Crippen molar-refractivity contribution in [1.82, 2.24) is 5.32 Å². The molecule has 0 spiro atoms. The van der Waals surface area contributed by atoms with E-state index in [-0.39, 0.29) is 0 Å². The average Bonchev–Trinajstić information content (AvgIpc) is 2.20. The number of anilines is 1. The monoisotopic (exact) mass is 175 g/mol. The molecule has 0 atom stereocenters. The van der Waals surface area contributed by atoms with Gasteiger partial charge in [-0.05, 0) is 30.7 Å². The Bertz CT molecular complexity index is 313. The second-order valence-electron chi connectivity index (χ2n) is 3.13. The van der Waals surface area contributed by atoms with Crippen LogP contribution in [-0.2, 0) is 0 Å². The zero-order chi connectivity index (χ0) is 9.10. The van der Waals surface area contributed by atoms with Crippen LogP contribution in [0.25, 0.3) is 0 Å². The molecule has 1 aliphatic rings. The zero-order valence-corrected chi connectivity index (χ0v) is 7.46. The van der Waals surface area contributed by atoms with Crippen molar-refractivity contribution in [2.24, 2.45) is 4.99 Å². The fourth-order valence-electron chi connectivity index (χ4n) is 1.37. The third kappa shape index (κ3) is 1.80. The third-order valence-corrected chi connectivity index (χ3v) is 2.08. The van der Waals surface area contributed by atoms with Crippen LogP contribution in [0.15, 0.2) is 29.3 Å². The molecule has 0 radical (unpaired) electrons. The van der Waals surface area contributed by atoms with Crippen molar-refractivity contribution in [3.8, 4) is 0 Å². The number of hydrogen-bond donors (Lipinski definition) is 2. The Morgan fingerprint density at radius 1 is 1.23 bits per heavy atom. The predicted molar refractivity (Wildman–Crippen MR) is 54.9 cm³/mol. The van der Waals surface area contributed by atoms with Crippen LogP contribution in [0.2, 0.25) is 0 Å². The van der Waals surface area contributed by atoms with Gasteiger partial charge in [0.05, 0.1) is 0 Å². The van der Waals surface area contributed by atoms with E-state index in [1.54, 1.807) is 0 Å². The summed E-state index contributed by atoms with van der Waals surface area (Å²) in [7, 11) is 0.